The first-order valence-corrected chi connectivity index (χ1v) is 9.29. The minimum Gasteiger partial charge on any atom is -0.457 e. The van der Waals surface area contributed by atoms with Crippen LogP contribution in [0.1, 0.15) is 24.3 Å². The first-order valence-electron chi connectivity index (χ1n) is 6.97. The summed E-state index contributed by atoms with van der Waals surface area (Å²) in [5.74, 6) is 0.0780. The molecule has 0 spiro atoms. The highest BCUT2D eigenvalue weighted by Gasteiger charge is 2.21. The lowest BCUT2D eigenvalue weighted by atomic mass is 10.3. The van der Waals surface area contributed by atoms with Crippen LogP contribution in [0.5, 0.6) is 0 Å². The van der Waals surface area contributed by atoms with Gasteiger partial charge < -0.3 is 9.26 Å². The molecule has 0 amide bonds. The van der Waals surface area contributed by atoms with E-state index in [4.69, 9.17) is 9.26 Å². The fourth-order valence-electron chi connectivity index (χ4n) is 1.84. The van der Waals surface area contributed by atoms with Gasteiger partial charge in [-0.15, -0.1) is 11.3 Å². The highest BCUT2D eigenvalue weighted by molar-refractivity contribution is 7.91. The largest absolute Gasteiger partial charge is 0.457 e. The molecule has 126 valence electrons. The molecule has 0 N–H and O–H groups in total. The Morgan fingerprint density at radius 1 is 1.48 bits per heavy atom. The van der Waals surface area contributed by atoms with Crippen LogP contribution in [0.4, 0.5) is 0 Å². The monoisotopic (exact) mass is 358 g/mol. The van der Waals surface area contributed by atoms with E-state index in [1.165, 1.54) is 22.7 Å². The molecule has 2 aromatic rings. The molecule has 9 heteroatoms. The molecule has 0 radical (unpaired) electrons. The van der Waals surface area contributed by atoms with Crippen LogP contribution < -0.4 is 0 Å². The Morgan fingerprint density at radius 3 is 2.87 bits per heavy atom. The second-order valence-electron chi connectivity index (χ2n) is 4.96. The third kappa shape index (κ3) is 4.88. The topological polar surface area (TPSA) is 89.7 Å². The zero-order valence-corrected chi connectivity index (χ0v) is 14.5. The fraction of sp³-hybridized carbons (Fsp3) is 0.429. The number of nitrogens with zero attached hydrogens (tertiary/aromatic N) is 2. The summed E-state index contributed by atoms with van der Waals surface area (Å²) >= 11 is 1.17. The van der Waals surface area contributed by atoms with Crippen molar-refractivity contribution in [3.8, 4) is 0 Å². The Balaban J connectivity index is 1.73. The van der Waals surface area contributed by atoms with Gasteiger partial charge in [-0.3, -0.25) is 4.79 Å². The molecule has 0 aliphatic rings. The standard InChI is InChI=1S/C14H18N2O5S2/c1-11-9-12(21-15-11)10-20-13(17)5-3-7-16(2)23(18,19)14-6-4-8-22-14/h4,6,8-9H,3,5,7,10H2,1-2H3. The van der Waals surface area contributed by atoms with Crippen molar-refractivity contribution in [3.05, 3.63) is 35.0 Å². The number of aromatic nitrogens is 1. The average molecular weight is 358 g/mol. The Labute approximate surface area is 138 Å². The van der Waals surface area contributed by atoms with Crippen LogP contribution in [0, 0.1) is 6.92 Å². The smallest absolute Gasteiger partial charge is 0.306 e. The lowest BCUT2D eigenvalue weighted by Crippen LogP contribution is -2.27. The Morgan fingerprint density at radius 2 is 2.26 bits per heavy atom. The molecule has 23 heavy (non-hydrogen) atoms. The number of aryl methyl sites for hydroxylation is 1. The zero-order chi connectivity index (χ0) is 16.9. The highest BCUT2D eigenvalue weighted by Crippen LogP contribution is 2.20. The normalized spacial score (nSPS) is 11.8. The van der Waals surface area contributed by atoms with Gasteiger partial charge in [0.15, 0.2) is 12.4 Å². The summed E-state index contributed by atoms with van der Waals surface area (Å²) < 4.78 is 35.9. The maximum absolute atomic E-state index is 12.2. The number of carbonyl (C=O) groups excluding carboxylic acids is 1. The SMILES string of the molecule is Cc1cc(COC(=O)CCCN(C)S(=O)(=O)c2cccs2)on1. The van der Waals surface area contributed by atoms with E-state index in [9.17, 15) is 13.2 Å². The third-order valence-corrected chi connectivity index (χ3v) is 6.30. The molecule has 2 rings (SSSR count). The molecule has 0 saturated heterocycles. The lowest BCUT2D eigenvalue weighted by molar-refractivity contribution is -0.145. The minimum atomic E-state index is -3.47. The van der Waals surface area contributed by atoms with E-state index in [0.29, 0.717) is 16.4 Å². The maximum Gasteiger partial charge on any atom is 0.306 e. The predicted molar refractivity (Wildman–Crippen MR) is 84.4 cm³/mol. The molecular weight excluding hydrogens is 340 g/mol. The number of esters is 1. The van der Waals surface area contributed by atoms with Crippen LogP contribution >= 0.6 is 11.3 Å². The highest BCUT2D eigenvalue weighted by atomic mass is 32.2. The van der Waals surface area contributed by atoms with Gasteiger partial charge in [0.2, 0.25) is 0 Å². The number of thiophene rings is 1. The Hall–Kier alpha value is -1.71. The number of rotatable bonds is 8. The summed E-state index contributed by atoms with van der Waals surface area (Å²) in [5, 5.41) is 5.40. The number of hydrogen-bond donors (Lipinski definition) is 0. The van der Waals surface area contributed by atoms with Gasteiger partial charge in [-0.1, -0.05) is 11.2 Å². The molecule has 0 bridgehead atoms. The Kier molecular flexibility index (Phi) is 5.91. The van der Waals surface area contributed by atoms with Gasteiger partial charge >= 0.3 is 5.97 Å². The van der Waals surface area contributed by atoms with Crippen molar-refractivity contribution < 1.29 is 22.5 Å². The van der Waals surface area contributed by atoms with Crippen LogP contribution in [0.2, 0.25) is 0 Å². The number of sulfonamides is 1. The second-order valence-corrected chi connectivity index (χ2v) is 8.18. The molecule has 0 unspecified atom stereocenters. The zero-order valence-electron chi connectivity index (χ0n) is 12.9. The number of hydrogen-bond acceptors (Lipinski definition) is 7. The molecule has 2 heterocycles. The van der Waals surface area contributed by atoms with Crippen molar-refractivity contribution in [1.82, 2.24) is 9.46 Å². The fourth-order valence-corrected chi connectivity index (χ4v) is 4.25. The van der Waals surface area contributed by atoms with Crippen LogP contribution in [0.3, 0.4) is 0 Å². The first-order chi connectivity index (χ1) is 10.9. The van der Waals surface area contributed by atoms with Gasteiger partial charge in [0.1, 0.15) is 4.21 Å². The maximum atomic E-state index is 12.2. The van der Waals surface area contributed by atoms with Gasteiger partial charge in [0, 0.05) is 26.1 Å². The molecular formula is C14H18N2O5S2. The van der Waals surface area contributed by atoms with E-state index in [-0.39, 0.29) is 19.6 Å². The van der Waals surface area contributed by atoms with Gasteiger partial charge in [-0.2, -0.15) is 0 Å². The van der Waals surface area contributed by atoms with E-state index in [2.05, 4.69) is 5.16 Å². The Bertz CT molecular complexity index is 737. The van der Waals surface area contributed by atoms with Gasteiger partial charge in [-0.05, 0) is 24.8 Å². The van der Waals surface area contributed by atoms with Crippen LogP contribution in [-0.4, -0.2) is 37.4 Å². The summed E-state index contributed by atoms with van der Waals surface area (Å²) in [4.78, 5) is 11.6. The van der Waals surface area contributed by atoms with Gasteiger partial charge in [0.25, 0.3) is 10.0 Å². The molecule has 7 nitrogen and oxygen atoms in total. The van der Waals surface area contributed by atoms with Crippen LogP contribution in [0.15, 0.2) is 32.3 Å². The van der Waals surface area contributed by atoms with Crippen molar-refractivity contribution in [2.75, 3.05) is 13.6 Å². The summed E-state index contributed by atoms with van der Waals surface area (Å²) in [6, 6.07) is 4.94. The van der Waals surface area contributed by atoms with Gasteiger partial charge in [0.05, 0.1) is 5.69 Å². The van der Waals surface area contributed by atoms with Crippen molar-refractivity contribution in [1.29, 1.82) is 0 Å². The van der Waals surface area contributed by atoms with E-state index >= 15 is 0 Å². The quantitative estimate of drug-likeness (QED) is 0.672. The molecule has 0 aromatic carbocycles. The average Bonchev–Trinajstić information content (AvgIpc) is 3.16. The molecule has 0 aliphatic heterocycles. The molecule has 0 fully saturated rings. The molecule has 0 atom stereocenters. The van der Waals surface area contributed by atoms with Crippen LogP contribution in [-0.2, 0) is 26.2 Å². The van der Waals surface area contributed by atoms with E-state index in [0.717, 1.165) is 5.69 Å². The minimum absolute atomic E-state index is 0.0308. The lowest BCUT2D eigenvalue weighted by Gasteiger charge is -2.15. The summed E-state index contributed by atoms with van der Waals surface area (Å²) in [7, 11) is -1.97. The van der Waals surface area contributed by atoms with E-state index in [1.54, 1.807) is 30.5 Å². The molecule has 0 aliphatic carbocycles. The number of carbonyl (C=O) groups is 1. The predicted octanol–water partition coefficient (Wildman–Crippen LogP) is 2.19. The first kappa shape index (κ1) is 17.6. The van der Waals surface area contributed by atoms with Crippen molar-refractivity contribution in [2.24, 2.45) is 0 Å². The van der Waals surface area contributed by atoms with Crippen molar-refractivity contribution in [3.63, 3.8) is 0 Å². The van der Waals surface area contributed by atoms with Crippen molar-refractivity contribution >= 4 is 27.3 Å². The summed E-state index contributed by atoms with van der Waals surface area (Å²) in [6.07, 6.45) is 0.521. The van der Waals surface area contributed by atoms with E-state index < -0.39 is 16.0 Å². The van der Waals surface area contributed by atoms with Gasteiger partial charge in [-0.25, -0.2) is 12.7 Å². The van der Waals surface area contributed by atoms with E-state index in [1.807, 2.05) is 0 Å². The summed E-state index contributed by atoms with van der Waals surface area (Å²) in [5.41, 5.74) is 0.719. The van der Waals surface area contributed by atoms with Crippen LogP contribution in [0.25, 0.3) is 0 Å². The number of ether oxygens (including phenoxy) is 1. The van der Waals surface area contributed by atoms with Crippen molar-refractivity contribution in [2.45, 2.75) is 30.6 Å². The summed E-state index contributed by atoms with van der Waals surface area (Å²) in [6.45, 7) is 2.05. The second kappa shape index (κ2) is 7.71. The molecule has 0 saturated carbocycles. The third-order valence-electron chi connectivity index (χ3n) is 3.07. The molecule has 2 aromatic heterocycles.